The fourth-order valence-electron chi connectivity index (χ4n) is 3.84. The van der Waals surface area contributed by atoms with Crippen molar-refractivity contribution in [2.75, 3.05) is 13.1 Å². The molecule has 0 saturated carbocycles. The Kier molecular flexibility index (Phi) is 8.72. The third-order valence-electron chi connectivity index (χ3n) is 5.65. The molecular weight excluding hydrogens is 448 g/mol. The second kappa shape index (κ2) is 11.9. The second-order valence-electron chi connectivity index (χ2n) is 8.59. The maximum atomic E-state index is 13.1. The van der Waals surface area contributed by atoms with E-state index in [4.69, 9.17) is 4.74 Å². The Morgan fingerprint density at radius 2 is 1.83 bits per heavy atom. The van der Waals surface area contributed by atoms with Crippen LogP contribution in [0.2, 0.25) is 0 Å². The highest BCUT2D eigenvalue weighted by Gasteiger charge is 2.40. The summed E-state index contributed by atoms with van der Waals surface area (Å²) < 4.78 is 5.37. The van der Waals surface area contributed by atoms with E-state index in [1.165, 1.54) is 19.9 Å². The van der Waals surface area contributed by atoms with E-state index in [-0.39, 0.29) is 19.1 Å². The number of nitrogens with one attached hydrogen (secondary N) is 2. The van der Waals surface area contributed by atoms with Gasteiger partial charge in [-0.15, -0.1) is 0 Å². The molecule has 1 saturated heterocycles. The van der Waals surface area contributed by atoms with Crippen molar-refractivity contribution in [2.24, 2.45) is 5.92 Å². The number of hydrogen-bond donors (Lipinski definition) is 2. The third kappa shape index (κ3) is 7.49. The third-order valence-corrected chi connectivity index (χ3v) is 5.65. The summed E-state index contributed by atoms with van der Waals surface area (Å²) in [7, 11) is 0. The lowest BCUT2D eigenvalue weighted by molar-refractivity contribution is -0.158. The minimum Gasteiger partial charge on any atom is -0.458 e. The van der Waals surface area contributed by atoms with Crippen LogP contribution in [0.5, 0.6) is 0 Å². The van der Waals surface area contributed by atoms with Crippen LogP contribution in [0.15, 0.2) is 60.9 Å². The lowest BCUT2D eigenvalue weighted by Gasteiger charge is -2.35. The van der Waals surface area contributed by atoms with Gasteiger partial charge in [-0.05, 0) is 49.1 Å². The molecule has 2 atom stereocenters. The number of rotatable bonds is 8. The fraction of sp³-hybridized carbons (Fsp3) is 0.346. The van der Waals surface area contributed by atoms with E-state index >= 15 is 0 Å². The number of nitrogens with zero attached hydrogens (tertiary/aromatic N) is 2. The van der Waals surface area contributed by atoms with Crippen molar-refractivity contribution in [1.82, 2.24) is 20.5 Å². The molecule has 0 aliphatic carbocycles. The number of carbonyl (C=O) groups excluding carboxylic acids is 4. The van der Waals surface area contributed by atoms with E-state index in [1.54, 1.807) is 47.6 Å². The monoisotopic (exact) mass is 478 g/mol. The van der Waals surface area contributed by atoms with Gasteiger partial charge in [-0.25, -0.2) is 4.79 Å². The molecule has 9 heteroatoms. The normalized spacial score (nSPS) is 17.3. The van der Waals surface area contributed by atoms with Crippen LogP contribution in [0.1, 0.15) is 37.8 Å². The number of likely N-dealkylation sites (tertiary alicyclic amines) is 1. The van der Waals surface area contributed by atoms with Gasteiger partial charge in [0, 0.05) is 38.5 Å². The predicted molar refractivity (Wildman–Crippen MR) is 129 cm³/mol. The van der Waals surface area contributed by atoms with Gasteiger partial charge >= 0.3 is 5.97 Å². The molecule has 1 aromatic heterocycles. The molecule has 2 N–H and O–H groups in total. The van der Waals surface area contributed by atoms with Crippen LogP contribution in [0.25, 0.3) is 6.08 Å². The van der Waals surface area contributed by atoms with Gasteiger partial charge in [-0.2, -0.15) is 0 Å². The lowest BCUT2D eigenvalue weighted by atomic mass is 9.96. The summed E-state index contributed by atoms with van der Waals surface area (Å²) in [5, 5.41) is 5.13. The van der Waals surface area contributed by atoms with Gasteiger partial charge in [-0.3, -0.25) is 19.4 Å². The Hall–Kier alpha value is -4.01. The first-order chi connectivity index (χ1) is 16.8. The SMILES string of the molecule is CC(=O)N[C@@](C)(NC(=O)[C@@H]1CCCN(C(=O)C=Cc2ccncc2)C1)C(=O)OCc1ccccc1. The van der Waals surface area contributed by atoms with E-state index in [1.807, 2.05) is 18.2 Å². The Morgan fingerprint density at radius 1 is 1.11 bits per heavy atom. The van der Waals surface area contributed by atoms with Gasteiger partial charge in [-0.1, -0.05) is 30.3 Å². The van der Waals surface area contributed by atoms with Gasteiger partial charge in [0.2, 0.25) is 23.4 Å². The van der Waals surface area contributed by atoms with Crippen molar-refractivity contribution in [1.29, 1.82) is 0 Å². The van der Waals surface area contributed by atoms with Crippen molar-refractivity contribution in [3.63, 3.8) is 0 Å². The number of hydrogen-bond acceptors (Lipinski definition) is 6. The van der Waals surface area contributed by atoms with E-state index in [0.29, 0.717) is 19.4 Å². The van der Waals surface area contributed by atoms with Crippen molar-refractivity contribution >= 4 is 29.8 Å². The van der Waals surface area contributed by atoms with Crippen molar-refractivity contribution in [3.05, 3.63) is 72.1 Å². The number of benzene rings is 1. The molecule has 3 amide bonds. The molecule has 2 heterocycles. The van der Waals surface area contributed by atoms with E-state index in [0.717, 1.165) is 11.1 Å². The Bertz CT molecular complexity index is 1070. The first-order valence-corrected chi connectivity index (χ1v) is 11.5. The molecule has 184 valence electrons. The first kappa shape index (κ1) is 25.6. The highest BCUT2D eigenvalue weighted by atomic mass is 16.5. The molecular formula is C26H30N4O5. The summed E-state index contributed by atoms with van der Waals surface area (Å²) in [5.74, 6) is -2.45. The number of carbonyl (C=O) groups is 4. The lowest BCUT2D eigenvalue weighted by Crippen LogP contribution is -2.65. The quantitative estimate of drug-likeness (QED) is 0.341. The van der Waals surface area contributed by atoms with Crippen LogP contribution in [0.3, 0.4) is 0 Å². The summed E-state index contributed by atoms with van der Waals surface area (Å²) in [4.78, 5) is 55.9. The summed E-state index contributed by atoms with van der Waals surface area (Å²) in [6.45, 7) is 3.39. The molecule has 1 aromatic carbocycles. The number of amides is 3. The molecule has 9 nitrogen and oxygen atoms in total. The number of pyridine rings is 1. The zero-order valence-electron chi connectivity index (χ0n) is 19.9. The maximum Gasteiger partial charge on any atom is 0.353 e. The van der Waals surface area contributed by atoms with Gasteiger partial charge in [0.25, 0.3) is 0 Å². The van der Waals surface area contributed by atoms with Crippen LogP contribution >= 0.6 is 0 Å². The van der Waals surface area contributed by atoms with Crippen molar-refractivity contribution in [3.8, 4) is 0 Å². The minimum absolute atomic E-state index is 0.000236. The smallest absolute Gasteiger partial charge is 0.353 e. The highest BCUT2D eigenvalue weighted by Crippen LogP contribution is 2.19. The van der Waals surface area contributed by atoms with Gasteiger partial charge in [0.05, 0.1) is 5.92 Å². The van der Waals surface area contributed by atoms with Crippen LogP contribution in [-0.2, 0) is 30.5 Å². The average Bonchev–Trinajstić information content (AvgIpc) is 2.86. The number of piperidine rings is 1. The van der Waals surface area contributed by atoms with Gasteiger partial charge in [0.15, 0.2) is 0 Å². The van der Waals surface area contributed by atoms with Gasteiger partial charge in [0.1, 0.15) is 6.61 Å². The zero-order valence-corrected chi connectivity index (χ0v) is 19.9. The van der Waals surface area contributed by atoms with Crippen molar-refractivity contribution in [2.45, 2.75) is 39.0 Å². The maximum absolute atomic E-state index is 13.1. The molecule has 2 aromatic rings. The van der Waals surface area contributed by atoms with E-state index < -0.39 is 29.4 Å². The molecule has 1 aliphatic heterocycles. The van der Waals surface area contributed by atoms with Gasteiger partial charge < -0.3 is 20.3 Å². The molecule has 3 rings (SSSR count). The van der Waals surface area contributed by atoms with Crippen LogP contribution < -0.4 is 10.6 Å². The molecule has 35 heavy (non-hydrogen) atoms. The number of ether oxygens (including phenoxy) is 1. The summed E-state index contributed by atoms with van der Waals surface area (Å²) in [6, 6.07) is 12.7. The topological polar surface area (TPSA) is 118 Å². The summed E-state index contributed by atoms with van der Waals surface area (Å²) in [6.07, 6.45) is 7.65. The fourth-order valence-corrected chi connectivity index (χ4v) is 3.84. The molecule has 0 bridgehead atoms. The standard InChI is InChI=1S/C26H30N4O5/c1-19(31)28-26(2,25(34)35-18-21-7-4-3-5-8-21)29-24(33)22-9-6-16-30(17-22)23(32)11-10-20-12-14-27-15-13-20/h3-5,7-8,10-15,22H,6,9,16-18H2,1-2H3,(H,28,31)(H,29,33)/t22-,26+/m1/s1. The number of esters is 1. The molecule has 1 fully saturated rings. The van der Waals surface area contributed by atoms with E-state index in [9.17, 15) is 19.2 Å². The largest absolute Gasteiger partial charge is 0.458 e. The van der Waals surface area contributed by atoms with Crippen LogP contribution in [0.4, 0.5) is 0 Å². The molecule has 0 radical (unpaired) electrons. The Morgan fingerprint density at radius 3 is 2.51 bits per heavy atom. The zero-order chi connectivity index (χ0) is 25.3. The minimum atomic E-state index is -1.74. The van der Waals surface area contributed by atoms with Crippen LogP contribution in [0, 0.1) is 5.92 Å². The summed E-state index contributed by atoms with van der Waals surface area (Å²) >= 11 is 0. The molecule has 1 aliphatic rings. The Labute approximate surface area is 204 Å². The molecule has 0 unspecified atom stereocenters. The Balaban J connectivity index is 1.62. The second-order valence-corrected chi connectivity index (χ2v) is 8.59. The number of aromatic nitrogens is 1. The molecule has 0 spiro atoms. The van der Waals surface area contributed by atoms with Crippen molar-refractivity contribution < 1.29 is 23.9 Å². The predicted octanol–water partition coefficient (Wildman–Crippen LogP) is 2.05. The average molecular weight is 479 g/mol. The highest BCUT2D eigenvalue weighted by molar-refractivity contribution is 5.94. The van der Waals surface area contributed by atoms with Crippen LogP contribution in [-0.4, -0.2) is 52.3 Å². The summed E-state index contributed by atoms with van der Waals surface area (Å²) in [5.41, 5.74) is -0.121. The first-order valence-electron chi connectivity index (χ1n) is 11.5. The van der Waals surface area contributed by atoms with E-state index in [2.05, 4.69) is 15.6 Å².